The van der Waals surface area contributed by atoms with Crippen molar-refractivity contribution in [2.45, 2.75) is 39.2 Å². The molecule has 5 heteroatoms. The summed E-state index contributed by atoms with van der Waals surface area (Å²) >= 11 is 1.44. The van der Waals surface area contributed by atoms with Gasteiger partial charge in [-0.15, -0.1) is 11.3 Å². The van der Waals surface area contributed by atoms with Crippen molar-refractivity contribution in [1.29, 1.82) is 0 Å². The van der Waals surface area contributed by atoms with Crippen molar-refractivity contribution >= 4 is 22.4 Å². The molecule has 1 aliphatic rings. The standard InChI is InChI=1S/C17H21N3OS/c1-10(2)15(18)16(21)20-17-19-14(9-22-17)13-7-6-11-4-3-5-12(11)8-13/h6-10,15H,3-5,18H2,1-2H3,(H,19,20,21). The van der Waals surface area contributed by atoms with Gasteiger partial charge in [0.25, 0.3) is 0 Å². The van der Waals surface area contributed by atoms with Crippen molar-refractivity contribution in [3.8, 4) is 11.3 Å². The number of rotatable bonds is 4. The van der Waals surface area contributed by atoms with Crippen molar-refractivity contribution in [1.82, 2.24) is 4.98 Å². The van der Waals surface area contributed by atoms with Crippen LogP contribution in [0.4, 0.5) is 5.13 Å². The van der Waals surface area contributed by atoms with E-state index < -0.39 is 6.04 Å². The first kappa shape index (κ1) is 15.2. The van der Waals surface area contributed by atoms with Crippen LogP contribution < -0.4 is 11.1 Å². The molecule has 0 radical (unpaired) electrons. The molecule has 0 aliphatic heterocycles. The lowest BCUT2D eigenvalue weighted by atomic mass is 10.1. The Kier molecular flexibility index (Phi) is 4.27. The van der Waals surface area contributed by atoms with E-state index in [1.165, 1.54) is 35.3 Å². The lowest BCUT2D eigenvalue weighted by Gasteiger charge is -2.13. The summed E-state index contributed by atoms with van der Waals surface area (Å²) in [4.78, 5) is 16.5. The molecule has 3 rings (SSSR count). The van der Waals surface area contributed by atoms with Gasteiger partial charge >= 0.3 is 0 Å². The molecule has 0 fully saturated rings. The second-order valence-corrected chi connectivity index (χ2v) is 6.99. The molecule has 0 saturated heterocycles. The largest absolute Gasteiger partial charge is 0.320 e. The third kappa shape index (κ3) is 3.05. The van der Waals surface area contributed by atoms with Crippen molar-refractivity contribution in [2.75, 3.05) is 5.32 Å². The zero-order valence-corrected chi connectivity index (χ0v) is 13.7. The van der Waals surface area contributed by atoms with Gasteiger partial charge in [-0.1, -0.05) is 26.0 Å². The maximum atomic E-state index is 12.0. The molecule has 1 atom stereocenters. The van der Waals surface area contributed by atoms with Gasteiger partial charge in [-0.25, -0.2) is 4.98 Å². The lowest BCUT2D eigenvalue weighted by Crippen LogP contribution is -2.39. The second-order valence-electron chi connectivity index (χ2n) is 6.13. The van der Waals surface area contributed by atoms with Crippen LogP contribution in [0.5, 0.6) is 0 Å². The predicted molar refractivity (Wildman–Crippen MR) is 91.0 cm³/mol. The highest BCUT2D eigenvalue weighted by Gasteiger charge is 2.19. The molecule has 1 heterocycles. The predicted octanol–water partition coefficient (Wildman–Crippen LogP) is 3.22. The number of anilines is 1. The molecule has 0 saturated carbocycles. The first-order valence-corrected chi connectivity index (χ1v) is 8.56. The van der Waals surface area contributed by atoms with Crippen LogP contribution in [0.3, 0.4) is 0 Å². The van der Waals surface area contributed by atoms with E-state index in [-0.39, 0.29) is 11.8 Å². The topological polar surface area (TPSA) is 68.0 Å². The summed E-state index contributed by atoms with van der Waals surface area (Å²) in [5.41, 5.74) is 10.8. The average molecular weight is 315 g/mol. The van der Waals surface area contributed by atoms with Crippen LogP contribution >= 0.6 is 11.3 Å². The number of fused-ring (bicyclic) bond motifs is 1. The molecule has 1 unspecified atom stereocenters. The fraction of sp³-hybridized carbons (Fsp3) is 0.412. The summed E-state index contributed by atoms with van der Waals surface area (Å²) < 4.78 is 0. The molecular formula is C17H21N3OS. The number of aryl methyl sites for hydroxylation is 2. The molecule has 1 aromatic carbocycles. The number of carbonyl (C=O) groups is 1. The molecule has 0 bridgehead atoms. The summed E-state index contributed by atoms with van der Waals surface area (Å²) in [5, 5.41) is 5.40. The number of amides is 1. The minimum atomic E-state index is -0.507. The second kappa shape index (κ2) is 6.18. The number of benzene rings is 1. The Morgan fingerprint density at radius 1 is 1.32 bits per heavy atom. The number of nitrogens with one attached hydrogen (secondary N) is 1. The van der Waals surface area contributed by atoms with Gasteiger partial charge in [0.2, 0.25) is 5.91 Å². The number of nitrogens with zero attached hydrogens (tertiary/aromatic N) is 1. The Labute approximate surface area is 134 Å². The van der Waals surface area contributed by atoms with E-state index in [0.29, 0.717) is 5.13 Å². The third-order valence-corrected chi connectivity index (χ3v) is 4.91. The summed E-state index contributed by atoms with van der Waals surface area (Å²) in [7, 11) is 0. The van der Waals surface area contributed by atoms with Crippen LogP contribution in [0.1, 0.15) is 31.4 Å². The highest BCUT2D eigenvalue weighted by Crippen LogP contribution is 2.30. The van der Waals surface area contributed by atoms with Gasteiger partial charge in [-0.2, -0.15) is 0 Å². The maximum Gasteiger partial charge on any atom is 0.243 e. The Morgan fingerprint density at radius 2 is 2.09 bits per heavy atom. The van der Waals surface area contributed by atoms with Crippen LogP contribution in [-0.4, -0.2) is 16.9 Å². The number of carbonyl (C=O) groups excluding carboxylic acids is 1. The van der Waals surface area contributed by atoms with Crippen LogP contribution in [-0.2, 0) is 17.6 Å². The normalized spacial score (nSPS) is 14.9. The molecule has 1 amide bonds. The van der Waals surface area contributed by atoms with Gasteiger partial charge in [0.05, 0.1) is 11.7 Å². The SMILES string of the molecule is CC(C)C(N)C(=O)Nc1nc(-c2ccc3c(c2)CCC3)cs1. The van der Waals surface area contributed by atoms with Crippen LogP contribution in [0.25, 0.3) is 11.3 Å². The van der Waals surface area contributed by atoms with Gasteiger partial charge in [0.1, 0.15) is 0 Å². The quantitative estimate of drug-likeness (QED) is 0.910. The number of aromatic nitrogens is 1. The van der Waals surface area contributed by atoms with Gasteiger partial charge in [0.15, 0.2) is 5.13 Å². The zero-order valence-electron chi connectivity index (χ0n) is 12.9. The number of hydrogen-bond donors (Lipinski definition) is 2. The highest BCUT2D eigenvalue weighted by atomic mass is 32.1. The van der Waals surface area contributed by atoms with E-state index in [2.05, 4.69) is 28.5 Å². The summed E-state index contributed by atoms with van der Waals surface area (Å²) in [6.07, 6.45) is 3.57. The molecule has 4 nitrogen and oxygen atoms in total. The minimum Gasteiger partial charge on any atom is -0.320 e. The maximum absolute atomic E-state index is 12.0. The molecule has 1 aromatic heterocycles. The van der Waals surface area contributed by atoms with Gasteiger partial charge < -0.3 is 11.1 Å². The number of thiazole rings is 1. The number of nitrogens with two attached hydrogens (primary N) is 1. The summed E-state index contributed by atoms with van der Waals surface area (Å²) in [6.45, 7) is 3.87. The monoisotopic (exact) mass is 315 g/mol. The summed E-state index contributed by atoms with van der Waals surface area (Å²) in [6, 6.07) is 6.03. The highest BCUT2D eigenvalue weighted by molar-refractivity contribution is 7.14. The van der Waals surface area contributed by atoms with Gasteiger partial charge in [-0.05, 0) is 42.4 Å². The van der Waals surface area contributed by atoms with Crippen molar-refractivity contribution in [3.05, 3.63) is 34.7 Å². The minimum absolute atomic E-state index is 0.108. The van der Waals surface area contributed by atoms with Crippen molar-refractivity contribution in [2.24, 2.45) is 11.7 Å². The smallest absolute Gasteiger partial charge is 0.243 e. The van der Waals surface area contributed by atoms with E-state index in [9.17, 15) is 4.79 Å². The zero-order chi connectivity index (χ0) is 15.7. The molecule has 116 valence electrons. The van der Waals surface area contributed by atoms with E-state index in [1.807, 2.05) is 19.2 Å². The molecule has 3 N–H and O–H groups in total. The van der Waals surface area contributed by atoms with Crippen LogP contribution in [0.15, 0.2) is 23.6 Å². The Balaban J connectivity index is 1.75. The fourth-order valence-corrected chi connectivity index (χ4v) is 3.41. The van der Waals surface area contributed by atoms with Crippen LogP contribution in [0.2, 0.25) is 0 Å². The van der Waals surface area contributed by atoms with Crippen molar-refractivity contribution in [3.63, 3.8) is 0 Å². The van der Waals surface area contributed by atoms with E-state index in [0.717, 1.165) is 17.7 Å². The average Bonchev–Trinajstić information content (AvgIpc) is 3.13. The van der Waals surface area contributed by atoms with Gasteiger partial charge in [-0.3, -0.25) is 4.79 Å². The third-order valence-electron chi connectivity index (χ3n) is 4.15. The lowest BCUT2D eigenvalue weighted by molar-refractivity contribution is -0.118. The van der Waals surface area contributed by atoms with E-state index >= 15 is 0 Å². The molecule has 1 aliphatic carbocycles. The molecular weight excluding hydrogens is 294 g/mol. The van der Waals surface area contributed by atoms with Crippen molar-refractivity contribution < 1.29 is 4.79 Å². The Hall–Kier alpha value is -1.72. The molecule has 22 heavy (non-hydrogen) atoms. The summed E-state index contributed by atoms with van der Waals surface area (Å²) in [5.74, 6) is -0.0685. The van der Waals surface area contributed by atoms with E-state index in [4.69, 9.17) is 5.73 Å². The van der Waals surface area contributed by atoms with E-state index in [1.54, 1.807) is 0 Å². The Morgan fingerprint density at radius 3 is 2.86 bits per heavy atom. The molecule has 0 spiro atoms. The fourth-order valence-electron chi connectivity index (χ4n) is 2.69. The van der Waals surface area contributed by atoms with Gasteiger partial charge in [0, 0.05) is 10.9 Å². The Bertz CT molecular complexity index is 693. The van der Waals surface area contributed by atoms with Crippen LogP contribution in [0, 0.1) is 5.92 Å². The first-order chi connectivity index (χ1) is 10.5. The number of hydrogen-bond acceptors (Lipinski definition) is 4. The molecule has 2 aromatic rings. The first-order valence-electron chi connectivity index (χ1n) is 7.69.